The van der Waals surface area contributed by atoms with Crippen molar-refractivity contribution in [3.63, 3.8) is 0 Å². The van der Waals surface area contributed by atoms with Crippen LogP contribution in [0.25, 0.3) is 11.0 Å². The second kappa shape index (κ2) is 10.5. The molecule has 0 aromatic carbocycles. The molecular formula is C25H43ClN4O5Si2. The van der Waals surface area contributed by atoms with E-state index in [9.17, 15) is 5.11 Å². The van der Waals surface area contributed by atoms with Gasteiger partial charge in [0.15, 0.2) is 6.23 Å². The highest BCUT2D eigenvalue weighted by Gasteiger charge is 2.61. The molecule has 37 heavy (non-hydrogen) atoms. The van der Waals surface area contributed by atoms with E-state index in [0.717, 1.165) is 10.9 Å². The summed E-state index contributed by atoms with van der Waals surface area (Å²) < 4.78 is 29.5. The van der Waals surface area contributed by atoms with E-state index >= 15 is 0 Å². The largest absolute Gasteiger partial charge is 0.414 e. The second-order valence-corrected chi connectivity index (χ2v) is 20.8. The summed E-state index contributed by atoms with van der Waals surface area (Å²) in [4.78, 5) is 8.60. The van der Waals surface area contributed by atoms with Crippen molar-refractivity contribution in [2.75, 3.05) is 12.3 Å². The Bertz CT molecular complexity index is 1110. The molecule has 2 aliphatic rings. The van der Waals surface area contributed by atoms with Crippen LogP contribution in [0, 0.1) is 0 Å². The molecule has 0 bridgehead atoms. The van der Waals surface area contributed by atoms with Crippen molar-refractivity contribution < 1.29 is 22.8 Å². The number of aryl methyl sites for hydroxylation is 1. The van der Waals surface area contributed by atoms with Crippen LogP contribution in [0.3, 0.4) is 0 Å². The summed E-state index contributed by atoms with van der Waals surface area (Å²) in [5, 5.41) is 12.7. The third-order valence-corrected chi connectivity index (χ3v) is 18.5. The number of aromatic nitrogens is 3. The van der Waals surface area contributed by atoms with Crippen LogP contribution in [0.1, 0.15) is 74.1 Å². The molecule has 0 amide bonds. The molecule has 2 aromatic rings. The highest BCUT2D eigenvalue weighted by molar-refractivity contribution is 6.84. The van der Waals surface area contributed by atoms with Gasteiger partial charge in [-0.25, -0.2) is 4.98 Å². The van der Waals surface area contributed by atoms with Gasteiger partial charge >= 0.3 is 17.1 Å². The van der Waals surface area contributed by atoms with Gasteiger partial charge in [-0.15, -0.1) is 0 Å². The molecule has 3 N–H and O–H groups in total. The van der Waals surface area contributed by atoms with E-state index < -0.39 is 41.7 Å². The van der Waals surface area contributed by atoms with Crippen LogP contribution in [0.4, 0.5) is 5.95 Å². The Balaban J connectivity index is 1.82. The number of halogens is 1. The van der Waals surface area contributed by atoms with Crippen molar-refractivity contribution in [3.8, 4) is 0 Å². The number of ether oxygens (including phenoxy) is 1. The minimum atomic E-state index is -2.89. The summed E-state index contributed by atoms with van der Waals surface area (Å²) in [7, 11) is -5.60. The van der Waals surface area contributed by atoms with E-state index in [1.807, 2.05) is 17.7 Å². The zero-order valence-corrected chi connectivity index (χ0v) is 26.2. The standard InChI is InChI=1S/C25H43ClN4O5Si2/c1-10-17-11-30(23-19(17)22(26)28-25(27)29-23)24-20(31)21-18(33-24)12-32-36(13(2)3,14(4)5)35-37(34-21,15(6)7)16(8)9/h11,13-16,18,20-21,24,31H,10,12H2,1-9H3,(H2,27,28,29)/t18-,20-,21-,24?/m1/s1. The molecule has 2 saturated heterocycles. The maximum atomic E-state index is 11.7. The first-order valence-electron chi connectivity index (χ1n) is 13.5. The predicted octanol–water partition coefficient (Wildman–Crippen LogP) is 5.44. The third-order valence-electron chi connectivity index (χ3n) is 8.02. The molecular weight excluding hydrogens is 528 g/mol. The number of rotatable bonds is 6. The number of fused-ring (bicyclic) bond motifs is 2. The van der Waals surface area contributed by atoms with E-state index in [-0.39, 0.29) is 28.1 Å². The Morgan fingerprint density at radius 2 is 1.65 bits per heavy atom. The van der Waals surface area contributed by atoms with Crippen molar-refractivity contribution in [2.24, 2.45) is 0 Å². The Morgan fingerprint density at radius 1 is 1.05 bits per heavy atom. The minimum absolute atomic E-state index is 0.0710. The summed E-state index contributed by atoms with van der Waals surface area (Å²) in [5.74, 6) is 0.0710. The number of hydrogen-bond donors (Lipinski definition) is 2. The van der Waals surface area contributed by atoms with Gasteiger partial charge < -0.3 is 33.1 Å². The van der Waals surface area contributed by atoms with Crippen LogP contribution < -0.4 is 5.73 Å². The van der Waals surface area contributed by atoms with Crippen LogP contribution in [0.5, 0.6) is 0 Å². The normalized spacial score (nSPS) is 27.9. The van der Waals surface area contributed by atoms with Crippen LogP contribution in [0.15, 0.2) is 6.20 Å². The highest BCUT2D eigenvalue weighted by Crippen LogP contribution is 2.48. The van der Waals surface area contributed by atoms with Crippen LogP contribution in [-0.2, 0) is 24.1 Å². The third kappa shape index (κ3) is 4.69. The van der Waals surface area contributed by atoms with Crippen molar-refractivity contribution in [1.82, 2.24) is 14.5 Å². The Labute approximate surface area is 227 Å². The fourth-order valence-electron chi connectivity index (χ4n) is 6.02. The molecule has 2 aromatic heterocycles. The maximum absolute atomic E-state index is 11.7. The SMILES string of the molecule is CCc1cn(C2O[C@@H]3CO[Si](C(C)C)(C(C)C)O[Si](C(C)C)(C(C)C)O[C@H]3[C@H]2O)c2nc(N)nc(Cl)c12. The number of nitrogen functional groups attached to an aromatic ring is 1. The quantitative estimate of drug-likeness (QED) is 0.348. The van der Waals surface area contributed by atoms with Gasteiger partial charge in [0.2, 0.25) is 5.95 Å². The molecule has 4 atom stereocenters. The monoisotopic (exact) mass is 570 g/mol. The number of nitrogens with two attached hydrogens (primary N) is 1. The topological polar surface area (TPSA) is 114 Å². The Kier molecular flexibility index (Phi) is 8.21. The smallest absolute Gasteiger partial charge is 0.335 e. The predicted molar refractivity (Wildman–Crippen MR) is 150 cm³/mol. The summed E-state index contributed by atoms with van der Waals surface area (Å²) in [5.41, 5.74) is 8.19. The molecule has 0 radical (unpaired) electrons. The first-order valence-corrected chi connectivity index (χ1v) is 17.8. The zero-order valence-electron chi connectivity index (χ0n) is 23.5. The van der Waals surface area contributed by atoms with Gasteiger partial charge in [-0.3, -0.25) is 0 Å². The second-order valence-electron chi connectivity index (χ2n) is 11.6. The van der Waals surface area contributed by atoms with Crippen LogP contribution in [0.2, 0.25) is 27.3 Å². The van der Waals surface area contributed by atoms with Crippen molar-refractivity contribution >= 4 is 45.7 Å². The number of nitrogens with zero attached hydrogens (tertiary/aromatic N) is 3. The average Bonchev–Trinajstić information content (AvgIpc) is 3.30. The molecule has 0 aliphatic carbocycles. The maximum Gasteiger partial charge on any atom is 0.335 e. The lowest BCUT2D eigenvalue weighted by Crippen LogP contribution is -2.65. The van der Waals surface area contributed by atoms with E-state index in [4.69, 9.17) is 35.0 Å². The fourth-order valence-corrected chi connectivity index (χ4v) is 17.5. The van der Waals surface area contributed by atoms with Gasteiger partial charge in [0.05, 0.1) is 12.0 Å². The fraction of sp³-hybridized carbons (Fsp3) is 0.760. The molecule has 12 heteroatoms. The lowest BCUT2D eigenvalue weighted by Gasteiger charge is -2.51. The number of aliphatic hydroxyl groups is 1. The molecule has 4 heterocycles. The summed E-state index contributed by atoms with van der Waals surface area (Å²) in [6.45, 7) is 19.7. The van der Waals surface area contributed by atoms with E-state index in [1.54, 1.807) is 0 Å². The van der Waals surface area contributed by atoms with Crippen molar-refractivity contribution in [1.29, 1.82) is 0 Å². The summed E-state index contributed by atoms with van der Waals surface area (Å²) >= 11 is 6.47. The van der Waals surface area contributed by atoms with E-state index in [1.165, 1.54) is 0 Å². The first kappa shape index (κ1) is 28.9. The molecule has 9 nitrogen and oxygen atoms in total. The Hall–Kier alpha value is -1.06. The number of hydrogen-bond acceptors (Lipinski definition) is 8. The van der Waals surface area contributed by atoms with Crippen molar-refractivity contribution in [3.05, 3.63) is 16.9 Å². The molecule has 0 spiro atoms. The van der Waals surface area contributed by atoms with Gasteiger partial charge in [-0.2, -0.15) is 4.98 Å². The molecule has 2 fully saturated rings. The molecule has 0 saturated carbocycles. The average molecular weight is 571 g/mol. The molecule has 1 unspecified atom stereocenters. The summed E-state index contributed by atoms with van der Waals surface area (Å²) in [6.07, 6.45) is -0.145. The molecule has 4 rings (SSSR count). The van der Waals surface area contributed by atoms with Gasteiger partial charge in [0.1, 0.15) is 29.1 Å². The number of anilines is 1. The number of aliphatic hydroxyl groups excluding tert-OH is 1. The lowest BCUT2D eigenvalue weighted by atomic mass is 10.1. The van der Waals surface area contributed by atoms with E-state index in [0.29, 0.717) is 23.8 Å². The van der Waals surface area contributed by atoms with Gasteiger partial charge in [-0.1, -0.05) is 73.9 Å². The van der Waals surface area contributed by atoms with Gasteiger partial charge in [0.25, 0.3) is 0 Å². The van der Waals surface area contributed by atoms with Crippen molar-refractivity contribution in [2.45, 2.75) is 115 Å². The lowest BCUT2D eigenvalue weighted by molar-refractivity contribution is -0.0568. The molecule has 2 aliphatic heterocycles. The summed E-state index contributed by atoms with van der Waals surface area (Å²) in [6, 6.07) is 0. The molecule has 208 valence electrons. The highest BCUT2D eigenvalue weighted by atomic mass is 35.5. The van der Waals surface area contributed by atoms with Gasteiger partial charge in [0, 0.05) is 6.20 Å². The van der Waals surface area contributed by atoms with Crippen LogP contribution in [-0.4, -0.2) is 61.7 Å². The van der Waals surface area contributed by atoms with E-state index in [2.05, 4.69) is 65.4 Å². The minimum Gasteiger partial charge on any atom is -0.414 e. The van der Waals surface area contributed by atoms with Crippen LogP contribution >= 0.6 is 11.6 Å². The van der Waals surface area contributed by atoms with Gasteiger partial charge in [-0.05, 0) is 34.1 Å². The first-order chi connectivity index (χ1) is 17.3. The Morgan fingerprint density at radius 3 is 2.19 bits per heavy atom. The zero-order chi connectivity index (χ0) is 27.4.